The van der Waals surface area contributed by atoms with Gasteiger partial charge in [-0.2, -0.15) is 0 Å². The van der Waals surface area contributed by atoms with Crippen LogP contribution in [0.15, 0.2) is 101 Å². The summed E-state index contributed by atoms with van der Waals surface area (Å²) in [5.74, 6) is 0. The van der Waals surface area contributed by atoms with Crippen molar-refractivity contribution in [1.82, 2.24) is 27.9 Å². The largest absolute Gasteiger partial charge is 0.381 e. The number of halogens is 1. The van der Waals surface area contributed by atoms with Crippen molar-refractivity contribution in [2.75, 3.05) is 13.2 Å². The summed E-state index contributed by atoms with van der Waals surface area (Å²) in [6.07, 6.45) is 6.81. The number of aryl methyl sites for hydroxylation is 2. The molecule has 45 heavy (non-hydrogen) atoms. The Kier molecular flexibility index (Phi) is 11.1. The van der Waals surface area contributed by atoms with Gasteiger partial charge in [-0.05, 0) is 85.7 Å². The number of rotatable bonds is 4. The molecular weight excluding hydrogens is 727 g/mol. The van der Waals surface area contributed by atoms with Gasteiger partial charge in [-0.25, -0.2) is 44.7 Å². The Hall–Kier alpha value is -3.73. The van der Waals surface area contributed by atoms with Crippen LogP contribution in [-0.2, 0) is 24.8 Å². The number of aromatic nitrogens is 6. The molecule has 4 aromatic heterocycles. The first kappa shape index (κ1) is 34.1. The van der Waals surface area contributed by atoms with E-state index >= 15 is 0 Å². The molecule has 1 aliphatic heterocycles. The van der Waals surface area contributed by atoms with E-state index in [9.17, 15) is 16.8 Å². The van der Waals surface area contributed by atoms with E-state index in [1.807, 2.05) is 36.4 Å². The Balaban J connectivity index is 0.000000174. The Morgan fingerprint density at radius 3 is 1.73 bits per heavy atom. The molecule has 7 rings (SSSR count). The monoisotopic (exact) mass is 760 g/mol. The summed E-state index contributed by atoms with van der Waals surface area (Å²) in [6.45, 7) is 5.66. The van der Waals surface area contributed by atoms with Gasteiger partial charge in [0.05, 0.1) is 24.9 Å². The van der Waals surface area contributed by atoms with Gasteiger partial charge in [-0.1, -0.05) is 43.8 Å². The van der Waals surface area contributed by atoms with Gasteiger partial charge in [0.15, 0.2) is 11.3 Å². The number of hydrogen-bond donors (Lipinski definition) is 0. The van der Waals surface area contributed by atoms with Crippen LogP contribution in [0.3, 0.4) is 0 Å². The quantitative estimate of drug-likeness (QED) is 0.198. The molecule has 0 bridgehead atoms. The number of ether oxygens (including phenoxy) is 1. The van der Waals surface area contributed by atoms with E-state index in [2.05, 4.69) is 19.9 Å². The Bertz CT molecular complexity index is 2110. The predicted octanol–water partition coefficient (Wildman–Crippen LogP) is 5.99. The van der Waals surface area contributed by atoms with Gasteiger partial charge >= 0.3 is 0 Å². The van der Waals surface area contributed by atoms with Crippen LogP contribution in [0.1, 0.15) is 31.7 Å². The molecule has 0 N–H and O–H groups in total. The molecule has 1 aliphatic rings. The molecule has 11 nitrogen and oxygen atoms in total. The maximum atomic E-state index is 12.7. The summed E-state index contributed by atoms with van der Waals surface area (Å²) in [5.41, 5.74) is 2.32. The minimum atomic E-state index is -3.65. The lowest BCUT2D eigenvalue weighted by Gasteiger charge is -2.08. The molecule has 0 atom stereocenters. The van der Waals surface area contributed by atoms with Crippen LogP contribution in [0, 0.1) is 17.5 Å². The highest BCUT2D eigenvalue weighted by molar-refractivity contribution is 14.1. The minimum Gasteiger partial charge on any atom is -0.381 e. The van der Waals surface area contributed by atoms with Crippen LogP contribution in [0.25, 0.3) is 22.1 Å². The molecule has 0 aliphatic carbocycles. The summed E-state index contributed by atoms with van der Waals surface area (Å²) < 4.78 is 58.5. The third kappa shape index (κ3) is 7.24. The second kappa shape index (κ2) is 14.6. The summed E-state index contributed by atoms with van der Waals surface area (Å²) in [7, 11) is -7.26. The zero-order valence-electron chi connectivity index (χ0n) is 23.9. The molecule has 1 saturated heterocycles. The average Bonchev–Trinajstić information content (AvgIpc) is 3.81. The van der Waals surface area contributed by atoms with E-state index in [-0.39, 0.29) is 17.2 Å². The maximum absolute atomic E-state index is 12.7. The van der Waals surface area contributed by atoms with Gasteiger partial charge in [0, 0.05) is 30.2 Å². The zero-order valence-corrected chi connectivity index (χ0v) is 27.7. The van der Waals surface area contributed by atoms with Crippen molar-refractivity contribution in [2.45, 2.75) is 43.9 Å². The SMILES string of the molecule is C.C1CCOC1.Cc1ncnc2c1cc(I)n2S(=O)(=O)c1ccccc1.Cc1ncnc2c1ccn2S(=O)(=O)c1ccccc1. The highest BCUT2D eigenvalue weighted by atomic mass is 127. The van der Waals surface area contributed by atoms with E-state index in [1.54, 1.807) is 72.8 Å². The van der Waals surface area contributed by atoms with Crippen LogP contribution in [-0.4, -0.2) is 57.9 Å². The molecule has 2 aromatic carbocycles. The number of fused-ring (bicyclic) bond motifs is 2. The lowest BCUT2D eigenvalue weighted by molar-refractivity contribution is 0.198. The van der Waals surface area contributed by atoms with E-state index in [4.69, 9.17) is 4.74 Å². The smallest absolute Gasteiger partial charge is 0.270 e. The fourth-order valence-electron chi connectivity index (χ4n) is 4.47. The average molecular weight is 761 g/mol. The predicted molar refractivity (Wildman–Crippen MR) is 182 cm³/mol. The van der Waals surface area contributed by atoms with Crippen LogP contribution in [0.5, 0.6) is 0 Å². The summed E-state index contributed by atoms with van der Waals surface area (Å²) in [4.78, 5) is 16.8. The second-order valence-corrected chi connectivity index (χ2v) is 14.4. The molecule has 0 saturated carbocycles. The third-order valence-electron chi connectivity index (χ3n) is 6.77. The van der Waals surface area contributed by atoms with Gasteiger partial charge in [-0.15, -0.1) is 0 Å². The number of hydrogen-bond acceptors (Lipinski definition) is 9. The van der Waals surface area contributed by atoms with Crippen LogP contribution in [0.4, 0.5) is 0 Å². The fourth-order valence-corrected chi connectivity index (χ4v) is 8.48. The van der Waals surface area contributed by atoms with Crippen molar-refractivity contribution in [1.29, 1.82) is 0 Å². The molecule has 6 aromatic rings. The highest BCUT2D eigenvalue weighted by Crippen LogP contribution is 2.26. The molecule has 0 amide bonds. The first-order valence-corrected chi connectivity index (χ1v) is 17.5. The topological polar surface area (TPSA) is 139 Å². The Labute approximate surface area is 276 Å². The van der Waals surface area contributed by atoms with Crippen molar-refractivity contribution in [3.8, 4) is 0 Å². The van der Waals surface area contributed by atoms with Crippen molar-refractivity contribution in [3.63, 3.8) is 0 Å². The summed E-state index contributed by atoms with van der Waals surface area (Å²) in [6, 6.07) is 20.1. The fraction of sp³-hybridized carbons (Fsp3) is 0.226. The van der Waals surface area contributed by atoms with Crippen LogP contribution in [0.2, 0.25) is 0 Å². The molecule has 1 fully saturated rings. The normalized spacial score (nSPS) is 13.0. The number of nitrogens with zero attached hydrogens (tertiary/aromatic N) is 6. The lowest BCUT2D eigenvalue weighted by atomic mass is 10.3. The zero-order chi connectivity index (χ0) is 31.3. The summed E-state index contributed by atoms with van der Waals surface area (Å²) >= 11 is 2.00. The Morgan fingerprint density at radius 2 is 1.20 bits per heavy atom. The molecule has 14 heteroatoms. The van der Waals surface area contributed by atoms with E-state index in [1.165, 1.54) is 39.6 Å². The second-order valence-electron chi connectivity index (χ2n) is 9.69. The molecule has 0 unspecified atom stereocenters. The van der Waals surface area contributed by atoms with Crippen molar-refractivity contribution in [2.24, 2.45) is 0 Å². The van der Waals surface area contributed by atoms with E-state index in [0.29, 0.717) is 15.0 Å². The molecule has 236 valence electrons. The van der Waals surface area contributed by atoms with Gasteiger partial charge < -0.3 is 4.74 Å². The lowest BCUT2D eigenvalue weighted by Crippen LogP contribution is -2.14. The minimum absolute atomic E-state index is 0. The first-order chi connectivity index (χ1) is 21.1. The molecular formula is C31H33IN6O5S2. The number of benzene rings is 2. The van der Waals surface area contributed by atoms with Crippen molar-refractivity contribution in [3.05, 3.63) is 107 Å². The maximum Gasteiger partial charge on any atom is 0.270 e. The van der Waals surface area contributed by atoms with E-state index < -0.39 is 20.0 Å². The van der Waals surface area contributed by atoms with Gasteiger partial charge in [0.1, 0.15) is 12.7 Å². The molecule has 0 radical (unpaired) electrons. The third-order valence-corrected chi connectivity index (χ3v) is 11.3. The van der Waals surface area contributed by atoms with Crippen LogP contribution < -0.4 is 0 Å². The van der Waals surface area contributed by atoms with Gasteiger partial charge in [-0.3, -0.25) is 0 Å². The molecule has 5 heterocycles. The van der Waals surface area contributed by atoms with Crippen molar-refractivity contribution >= 4 is 64.7 Å². The van der Waals surface area contributed by atoms with Crippen LogP contribution >= 0.6 is 22.6 Å². The first-order valence-electron chi connectivity index (χ1n) is 13.6. The Morgan fingerprint density at radius 1 is 0.689 bits per heavy atom. The van der Waals surface area contributed by atoms with E-state index in [0.717, 1.165) is 35.4 Å². The van der Waals surface area contributed by atoms with Crippen molar-refractivity contribution < 1.29 is 21.6 Å². The standard InChI is InChI=1S/C13H10IN3O2S.C13H11N3O2S.C4H8O.CH4/c1-9-11-7-12(14)17(13(11)16-8-15-9)20(18,19)10-5-3-2-4-6-10;1-10-12-7-8-16(13(12)15-9-14-10)19(17,18)11-5-3-2-4-6-11;1-2-4-5-3-1;/h2-8H,1H3;2-9H,1H3;1-4H2;1H4. The molecule has 0 spiro atoms. The summed E-state index contributed by atoms with van der Waals surface area (Å²) in [5, 5.41) is 1.48. The highest BCUT2D eigenvalue weighted by Gasteiger charge is 2.23. The van der Waals surface area contributed by atoms with Gasteiger partial charge in [0.25, 0.3) is 20.0 Å². The van der Waals surface area contributed by atoms with Gasteiger partial charge in [0.2, 0.25) is 0 Å².